The van der Waals surface area contributed by atoms with Crippen LogP contribution in [0.3, 0.4) is 0 Å². The monoisotopic (exact) mass is 221 g/mol. The van der Waals surface area contributed by atoms with E-state index in [-0.39, 0.29) is 5.92 Å². The van der Waals surface area contributed by atoms with E-state index in [0.717, 1.165) is 0 Å². The van der Waals surface area contributed by atoms with Gasteiger partial charge in [0.25, 0.3) is 5.16 Å². The maximum absolute atomic E-state index is 12.7. The Balaban J connectivity index is 3.35. The van der Waals surface area contributed by atoms with E-state index in [2.05, 4.69) is 10.2 Å². The fourth-order valence-corrected chi connectivity index (χ4v) is 1.83. The van der Waals surface area contributed by atoms with Gasteiger partial charge in [-0.3, -0.25) is 4.57 Å². The second-order valence-corrected chi connectivity index (χ2v) is 4.42. The standard InChI is InChI=1S/C7H12FN3O2S/c1-4-11-6(5(2)3)9-10-7(11)14(8,12)13/h5H,4H2,1-3H3. The van der Waals surface area contributed by atoms with Crippen LogP contribution >= 0.6 is 0 Å². The number of hydrogen-bond acceptors (Lipinski definition) is 4. The summed E-state index contributed by atoms with van der Waals surface area (Å²) in [4.78, 5) is 0. The molecule has 0 aromatic carbocycles. The Kier molecular flexibility index (Phi) is 2.89. The van der Waals surface area contributed by atoms with Gasteiger partial charge in [-0.15, -0.1) is 10.2 Å². The summed E-state index contributed by atoms with van der Waals surface area (Å²) in [5, 5.41) is 6.37. The Morgan fingerprint density at radius 3 is 2.36 bits per heavy atom. The van der Waals surface area contributed by atoms with Crippen molar-refractivity contribution in [3.8, 4) is 0 Å². The minimum atomic E-state index is -4.77. The van der Waals surface area contributed by atoms with Crippen molar-refractivity contribution in [2.75, 3.05) is 0 Å². The molecule has 0 saturated heterocycles. The largest absolute Gasteiger partial charge is 0.368 e. The smallest absolute Gasteiger partial charge is 0.300 e. The molecule has 0 bridgehead atoms. The summed E-state index contributed by atoms with van der Waals surface area (Å²) in [6, 6.07) is 0. The molecule has 1 aromatic rings. The van der Waals surface area contributed by atoms with Crippen molar-refractivity contribution < 1.29 is 12.3 Å². The lowest BCUT2D eigenvalue weighted by Crippen LogP contribution is -2.09. The molecule has 5 nitrogen and oxygen atoms in total. The first-order chi connectivity index (χ1) is 6.38. The molecule has 0 aliphatic rings. The molecule has 80 valence electrons. The van der Waals surface area contributed by atoms with Crippen LogP contribution in [0.5, 0.6) is 0 Å². The van der Waals surface area contributed by atoms with Crippen molar-refractivity contribution in [2.45, 2.75) is 38.4 Å². The van der Waals surface area contributed by atoms with Crippen molar-refractivity contribution in [1.82, 2.24) is 14.8 Å². The first kappa shape index (κ1) is 11.1. The average molecular weight is 221 g/mol. The number of halogens is 1. The zero-order valence-corrected chi connectivity index (χ0v) is 9.05. The summed E-state index contributed by atoms with van der Waals surface area (Å²) in [6.07, 6.45) is 0. The minimum Gasteiger partial charge on any atom is -0.300 e. The SMILES string of the molecule is CCn1c(C(C)C)nnc1S(=O)(=O)F. The first-order valence-electron chi connectivity index (χ1n) is 4.25. The van der Waals surface area contributed by atoms with Gasteiger partial charge in [0.05, 0.1) is 0 Å². The van der Waals surface area contributed by atoms with Gasteiger partial charge in [-0.05, 0) is 6.92 Å². The van der Waals surface area contributed by atoms with E-state index in [4.69, 9.17) is 0 Å². The Morgan fingerprint density at radius 2 is 2.00 bits per heavy atom. The maximum atomic E-state index is 12.7. The normalized spacial score (nSPS) is 12.4. The molecule has 0 N–H and O–H groups in total. The topological polar surface area (TPSA) is 64.8 Å². The van der Waals surface area contributed by atoms with Gasteiger partial charge in [0, 0.05) is 12.5 Å². The third-order valence-electron chi connectivity index (χ3n) is 1.80. The highest BCUT2D eigenvalue weighted by molar-refractivity contribution is 7.86. The van der Waals surface area contributed by atoms with Crippen LogP contribution in [0, 0.1) is 0 Å². The van der Waals surface area contributed by atoms with Crippen LogP contribution in [0.15, 0.2) is 5.16 Å². The van der Waals surface area contributed by atoms with E-state index in [1.54, 1.807) is 6.92 Å². The third-order valence-corrected chi connectivity index (χ3v) is 2.53. The Morgan fingerprint density at radius 1 is 1.43 bits per heavy atom. The molecule has 7 heteroatoms. The van der Waals surface area contributed by atoms with Crippen LogP contribution in [0.25, 0.3) is 0 Å². The van der Waals surface area contributed by atoms with Gasteiger partial charge in [0.2, 0.25) is 0 Å². The van der Waals surface area contributed by atoms with Crippen LogP contribution in [-0.2, 0) is 16.8 Å². The van der Waals surface area contributed by atoms with Gasteiger partial charge in [-0.2, -0.15) is 8.42 Å². The predicted octanol–water partition coefficient (Wildman–Crippen LogP) is 1.08. The third kappa shape index (κ3) is 1.92. The van der Waals surface area contributed by atoms with E-state index in [0.29, 0.717) is 12.4 Å². The van der Waals surface area contributed by atoms with E-state index in [1.165, 1.54) is 4.57 Å². The quantitative estimate of drug-likeness (QED) is 0.716. The Hall–Kier alpha value is -0.980. The second-order valence-electron chi connectivity index (χ2n) is 3.18. The molecule has 1 aromatic heterocycles. The fraction of sp³-hybridized carbons (Fsp3) is 0.714. The molecule has 0 unspecified atom stereocenters. The lowest BCUT2D eigenvalue weighted by Gasteiger charge is -2.06. The van der Waals surface area contributed by atoms with Gasteiger partial charge in [-0.25, -0.2) is 0 Å². The highest BCUT2D eigenvalue weighted by Crippen LogP contribution is 2.17. The Labute approximate surface area is 82.2 Å². The molecule has 14 heavy (non-hydrogen) atoms. The summed E-state index contributed by atoms with van der Waals surface area (Å²) in [6.45, 7) is 5.72. The van der Waals surface area contributed by atoms with Crippen LogP contribution in [0.4, 0.5) is 3.89 Å². The molecule has 0 aliphatic heterocycles. The molecular formula is C7H12FN3O2S. The molecule has 1 heterocycles. The highest BCUT2D eigenvalue weighted by atomic mass is 32.3. The molecule has 0 fully saturated rings. The van der Waals surface area contributed by atoms with Crippen LogP contribution < -0.4 is 0 Å². The minimum absolute atomic E-state index is 0.0120. The van der Waals surface area contributed by atoms with Gasteiger partial charge in [-0.1, -0.05) is 17.7 Å². The maximum Gasteiger partial charge on any atom is 0.368 e. The fourth-order valence-electron chi connectivity index (χ4n) is 1.20. The van der Waals surface area contributed by atoms with E-state index in [1.807, 2.05) is 13.8 Å². The van der Waals surface area contributed by atoms with E-state index < -0.39 is 15.4 Å². The number of rotatable bonds is 3. The van der Waals surface area contributed by atoms with Gasteiger partial charge < -0.3 is 0 Å². The van der Waals surface area contributed by atoms with Crippen molar-refractivity contribution in [3.63, 3.8) is 0 Å². The zero-order valence-electron chi connectivity index (χ0n) is 8.23. The molecular weight excluding hydrogens is 209 g/mol. The first-order valence-corrected chi connectivity index (χ1v) is 5.64. The van der Waals surface area contributed by atoms with Crippen molar-refractivity contribution in [3.05, 3.63) is 5.82 Å². The van der Waals surface area contributed by atoms with Crippen LogP contribution in [-0.4, -0.2) is 23.2 Å². The number of nitrogens with zero attached hydrogens (tertiary/aromatic N) is 3. The zero-order chi connectivity index (χ0) is 10.9. The van der Waals surface area contributed by atoms with Gasteiger partial charge >= 0.3 is 10.2 Å². The predicted molar refractivity (Wildman–Crippen MR) is 48.1 cm³/mol. The summed E-state index contributed by atoms with van der Waals surface area (Å²) in [7, 11) is -4.77. The van der Waals surface area contributed by atoms with E-state index >= 15 is 0 Å². The van der Waals surface area contributed by atoms with Crippen LogP contribution in [0.2, 0.25) is 0 Å². The number of aromatic nitrogens is 3. The summed E-state index contributed by atoms with van der Waals surface area (Å²) >= 11 is 0. The molecule has 0 saturated carbocycles. The summed E-state index contributed by atoms with van der Waals surface area (Å²) in [5.41, 5.74) is 0. The number of hydrogen-bond donors (Lipinski definition) is 0. The molecule has 1 rings (SSSR count). The molecule has 0 atom stereocenters. The molecule has 0 spiro atoms. The lowest BCUT2D eigenvalue weighted by molar-refractivity contribution is 0.520. The molecule has 0 aliphatic carbocycles. The van der Waals surface area contributed by atoms with Gasteiger partial charge in [0.15, 0.2) is 0 Å². The summed E-state index contributed by atoms with van der Waals surface area (Å²) in [5.74, 6) is 0.488. The average Bonchev–Trinajstić information content (AvgIpc) is 2.45. The van der Waals surface area contributed by atoms with Crippen molar-refractivity contribution in [2.24, 2.45) is 0 Å². The van der Waals surface area contributed by atoms with Crippen molar-refractivity contribution >= 4 is 10.2 Å². The van der Waals surface area contributed by atoms with Crippen molar-refractivity contribution in [1.29, 1.82) is 0 Å². The molecule has 0 amide bonds. The van der Waals surface area contributed by atoms with Crippen LogP contribution in [0.1, 0.15) is 32.5 Å². The second kappa shape index (κ2) is 3.64. The lowest BCUT2D eigenvalue weighted by atomic mass is 10.2. The van der Waals surface area contributed by atoms with E-state index in [9.17, 15) is 12.3 Å². The Bertz CT molecular complexity index is 424. The highest BCUT2D eigenvalue weighted by Gasteiger charge is 2.24. The summed E-state index contributed by atoms with van der Waals surface area (Å²) < 4.78 is 35.3. The van der Waals surface area contributed by atoms with Gasteiger partial charge in [0.1, 0.15) is 5.82 Å². The molecule has 0 radical (unpaired) electrons.